The zero-order chi connectivity index (χ0) is 19.7. The Balaban J connectivity index is 1.58. The molecular weight excluding hydrogens is 358 g/mol. The Morgan fingerprint density at radius 2 is 2.00 bits per heavy atom. The molecule has 0 saturated carbocycles. The number of nitrogens with zero attached hydrogens (tertiary/aromatic N) is 3. The number of hydrogen-bond donors (Lipinski definition) is 0. The number of amides is 1. The van der Waals surface area contributed by atoms with Crippen LogP contribution in [-0.4, -0.2) is 65.7 Å². The number of aromatic nitrogens is 1. The van der Waals surface area contributed by atoms with Crippen molar-refractivity contribution in [2.45, 2.75) is 25.8 Å². The fourth-order valence-electron chi connectivity index (χ4n) is 4.44. The third-order valence-electron chi connectivity index (χ3n) is 5.73. The summed E-state index contributed by atoms with van der Waals surface area (Å²) in [4.78, 5) is 29.8. The van der Waals surface area contributed by atoms with Crippen molar-refractivity contribution in [3.8, 4) is 0 Å². The number of aryl methyl sites for hydroxylation is 1. The van der Waals surface area contributed by atoms with Gasteiger partial charge in [0.15, 0.2) is 5.69 Å². The van der Waals surface area contributed by atoms with Crippen LogP contribution in [-0.2, 0) is 9.53 Å². The lowest BCUT2D eigenvalue weighted by Crippen LogP contribution is -2.54. The van der Waals surface area contributed by atoms with Crippen LogP contribution in [0.1, 0.15) is 34.7 Å². The van der Waals surface area contributed by atoms with Gasteiger partial charge in [0, 0.05) is 44.2 Å². The highest BCUT2D eigenvalue weighted by Crippen LogP contribution is 2.40. The summed E-state index contributed by atoms with van der Waals surface area (Å²) in [6.07, 6.45) is 0. The minimum absolute atomic E-state index is 0.0602. The molecule has 2 saturated heterocycles. The molecule has 1 amide bonds. The lowest BCUT2D eigenvalue weighted by molar-refractivity contribution is -0.149. The summed E-state index contributed by atoms with van der Waals surface area (Å²) in [5.74, 6) is 0.0423. The zero-order valence-corrected chi connectivity index (χ0v) is 16.2. The van der Waals surface area contributed by atoms with Crippen LogP contribution in [0.2, 0.25) is 0 Å². The molecule has 0 bridgehead atoms. The predicted molar refractivity (Wildman–Crippen MR) is 102 cm³/mol. The van der Waals surface area contributed by atoms with Gasteiger partial charge in [0.1, 0.15) is 5.76 Å². The molecule has 148 valence electrons. The van der Waals surface area contributed by atoms with E-state index in [0.717, 1.165) is 18.7 Å². The second-order valence-electron chi connectivity index (χ2n) is 7.43. The van der Waals surface area contributed by atoms with Crippen molar-refractivity contribution in [3.63, 3.8) is 0 Å². The number of carbonyl (C=O) groups is 2. The average Bonchev–Trinajstić information content (AvgIpc) is 3.31. The molecule has 1 aromatic heterocycles. The molecule has 0 N–H and O–H groups in total. The van der Waals surface area contributed by atoms with Gasteiger partial charge in [-0.3, -0.25) is 14.5 Å². The molecule has 3 atom stereocenters. The Morgan fingerprint density at radius 1 is 1.21 bits per heavy atom. The topological polar surface area (TPSA) is 75.9 Å². The van der Waals surface area contributed by atoms with Gasteiger partial charge in [0.05, 0.1) is 12.5 Å². The van der Waals surface area contributed by atoms with E-state index in [0.29, 0.717) is 31.2 Å². The fraction of sp³-hybridized carbons (Fsp3) is 0.476. The standard InChI is InChI=1S/C21H25N3O4/c1-3-27-21(26)19-16(15-7-5-4-6-8-15)12-23-9-10-24(13-18(19)23)20(25)17-11-14(2)28-22-17/h4-8,11,16,18-19H,3,9-10,12-13H2,1-2H3/t16-,18-,19-/m1/s1. The van der Waals surface area contributed by atoms with Crippen molar-refractivity contribution in [2.75, 3.05) is 32.8 Å². The van der Waals surface area contributed by atoms with E-state index in [1.807, 2.05) is 25.1 Å². The van der Waals surface area contributed by atoms with Crippen LogP contribution in [0.25, 0.3) is 0 Å². The number of rotatable bonds is 4. The lowest BCUT2D eigenvalue weighted by Gasteiger charge is -2.38. The van der Waals surface area contributed by atoms with Crippen LogP contribution in [0.5, 0.6) is 0 Å². The van der Waals surface area contributed by atoms with Crippen LogP contribution in [0, 0.1) is 12.8 Å². The second-order valence-corrected chi connectivity index (χ2v) is 7.43. The zero-order valence-electron chi connectivity index (χ0n) is 16.2. The van der Waals surface area contributed by atoms with Gasteiger partial charge in [-0.05, 0) is 19.4 Å². The summed E-state index contributed by atoms with van der Waals surface area (Å²) in [6.45, 7) is 6.56. The molecule has 2 aliphatic rings. The maximum Gasteiger partial charge on any atom is 0.311 e. The molecule has 1 aromatic carbocycles. The first kappa shape index (κ1) is 18.7. The molecule has 28 heavy (non-hydrogen) atoms. The Bertz CT molecular complexity index is 850. The maximum absolute atomic E-state index is 12.9. The van der Waals surface area contributed by atoms with Gasteiger partial charge in [0.25, 0.3) is 5.91 Å². The number of fused-ring (bicyclic) bond motifs is 1. The Labute approximate surface area is 164 Å². The van der Waals surface area contributed by atoms with Crippen molar-refractivity contribution in [3.05, 3.63) is 53.4 Å². The first-order chi connectivity index (χ1) is 13.6. The van der Waals surface area contributed by atoms with E-state index >= 15 is 0 Å². The summed E-state index contributed by atoms with van der Waals surface area (Å²) in [6, 6.07) is 11.7. The molecule has 0 unspecified atom stereocenters. The summed E-state index contributed by atoms with van der Waals surface area (Å²) in [7, 11) is 0. The molecule has 7 heteroatoms. The smallest absolute Gasteiger partial charge is 0.311 e. The Kier molecular flexibility index (Phi) is 5.17. The first-order valence-corrected chi connectivity index (χ1v) is 9.76. The predicted octanol–water partition coefficient (Wildman–Crippen LogP) is 2.09. The van der Waals surface area contributed by atoms with Gasteiger partial charge in [0.2, 0.25) is 0 Å². The van der Waals surface area contributed by atoms with Crippen molar-refractivity contribution in [1.29, 1.82) is 0 Å². The SMILES string of the molecule is CCOC(=O)[C@@H]1[C@@H](c2ccccc2)CN2CCN(C(=O)c3cc(C)on3)C[C@H]12. The van der Waals surface area contributed by atoms with E-state index in [9.17, 15) is 9.59 Å². The third kappa shape index (κ3) is 3.42. The van der Waals surface area contributed by atoms with Crippen LogP contribution < -0.4 is 0 Å². The molecule has 2 aromatic rings. The van der Waals surface area contributed by atoms with E-state index < -0.39 is 0 Å². The number of ether oxygens (including phenoxy) is 1. The summed E-state index contributed by atoms with van der Waals surface area (Å²) in [5.41, 5.74) is 1.45. The van der Waals surface area contributed by atoms with Gasteiger partial charge >= 0.3 is 5.97 Å². The summed E-state index contributed by atoms with van der Waals surface area (Å²) >= 11 is 0. The third-order valence-corrected chi connectivity index (χ3v) is 5.73. The number of carbonyl (C=O) groups excluding carboxylic acids is 2. The summed E-state index contributed by atoms with van der Waals surface area (Å²) in [5, 5.41) is 3.85. The monoisotopic (exact) mass is 383 g/mol. The van der Waals surface area contributed by atoms with Gasteiger partial charge in [-0.25, -0.2) is 0 Å². The van der Waals surface area contributed by atoms with E-state index in [1.54, 1.807) is 17.9 Å². The van der Waals surface area contributed by atoms with Crippen molar-refractivity contribution in [2.24, 2.45) is 5.92 Å². The van der Waals surface area contributed by atoms with Crippen molar-refractivity contribution < 1.29 is 18.8 Å². The molecule has 2 aliphatic heterocycles. The largest absolute Gasteiger partial charge is 0.466 e. The number of piperazine rings is 1. The van der Waals surface area contributed by atoms with Crippen molar-refractivity contribution in [1.82, 2.24) is 15.0 Å². The van der Waals surface area contributed by atoms with E-state index in [1.165, 1.54) is 0 Å². The highest BCUT2D eigenvalue weighted by Gasteiger charge is 2.49. The number of hydrogen-bond acceptors (Lipinski definition) is 6. The van der Waals surface area contributed by atoms with Crippen LogP contribution >= 0.6 is 0 Å². The molecule has 0 aliphatic carbocycles. The Hall–Kier alpha value is -2.67. The molecule has 0 spiro atoms. The molecule has 2 fully saturated rings. The van der Waals surface area contributed by atoms with Crippen LogP contribution in [0.15, 0.2) is 40.9 Å². The molecular formula is C21H25N3O4. The fourth-order valence-corrected chi connectivity index (χ4v) is 4.44. The molecule has 3 heterocycles. The van der Waals surface area contributed by atoms with Crippen LogP contribution in [0.3, 0.4) is 0 Å². The maximum atomic E-state index is 12.9. The van der Waals surface area contributed by atoms with Gasteiger partial charge < -0.3 is 14.2 Å². The van der Waals surface area contributed by atoms with Gasteiger partial charge in [-0.2, -0.15) is 0 Å². The quantitative estimate of drug-likeness (QED) is 0.753. The highest BCUT2D eigenvalue weighted by molar-refractivity contribution is 5.92. The second kappa shape index (κ2) is 7.75. The van der Waals surface area contributed by atoms with E-state index in [-0.39, 0.29) is 29.8 Å². The number of esters is 1. The summed E-state index contributed by atoms with van der Waals surface area (Å²) < 4.78 is 10.5. The van der Waals surface area contributed by atoms with E-state index in [2.05, 4.69) is 22.2 Å². The van der Waals surface area contributed by atoms with Crippen LogP contribution in [0.4, 0.5) is 0 Å². The molecule has 4 rings (SSSR count). The van der Waals surface area contributed by atoms with Gasteiger partial charge in [-0.1, -0.05) is 35.5 Å². The minimum atomic E-state index is -0.294. The normalized spacial score (nSPS) is 24.8. The first-order valence-electron chi connectivity index (χ1n) is 9.76. The minimum Gasteiger partial charge on any atom is -0.466 e. The highest BCUT2D eigenvalue weighted by atomic mass is 16.5. The van der Waals surface area contributed by atoms with E-state index in [4.69, 9.17) is 9.26 Å². The van der Waals surface area contributed by atoms with Gasteiger partial charge in [-0.15, -0.1) is 0 Å². The van der Waals surface area contributed by atoms with Crippen molar-refractivity contribution >= 4 is 11.9 Å². The average molecular weight is 383 g/mol. The molecule has 0 radical (unpaired) electrons. The lowest BCUT2D eigenvalue weighted by atomic mass is 9.85. The number of benzene rings is 1. The Morgan fingerprint density at radius 3 is 2.68 bits per heavy atom. The molecule has 7 nitrogen and oxygen atoms in total.